The standard InChI is InChI=1S/C19H24N4O/c1-13-6-3-4-8-16(13)23-17-9-5-7-15(17)18(21-23)19(24)22-11-10-14(12-22)20-2/h3-4,6,8,14,20H,5,7,9-12H2,1-2H3/t14-/m0/s1. The number of hydrogen-bond donors (Lipinski definition) is 1. The molecule has 0 radical (unpaired) electrons. The van der Waals surface area contributed by atoms with Gasteiger partial charge in [-0.15, -0.1) is 0 Å². The Morgan fingerprint density at radius 3 is 2.88 bits per heavy atom. The van der Waals surface area contributed by atoms with E-state index in [-0.39, 0.29) is 5.91 Å². The van der Waals surface area contributed by atoms with Crippen LogP contribution in [0, 0.1) is 6.92 Å². The van der Waals surface area contributed by atoms with E-state index in [2.05, 4.69) is 24.4 Å². The van der Waals surface area contributed by atoms with Crippen molar-refractivity contribution < 1.29 is 4.79 Å². The number of benzene rings is 1. The van der Waals surface area contributed by atoms with Crippen molar-refractivity contribution in [1.82, 2.24) is 20.0 Å². The molecule has 4 rings (SSSR count). The zero-order chi connectivity index (χ0) is 16.7. The molecule has 5 nitrogen and oxygen atoms in total. The monoisotopic (exact) mass is 324 g/mol. The van der Waals surface area contributed by atoms with Gasteiger partial charge in [-0.05, 0) is 51.3 Å². The van der Waals surface area contributed by atoms with E-state index in [1.54, 1.807) is 0 Å². The summed E-state index contributed by atoms with van der Waals surface area (Å²) in [5, 5.41) is 8.03. The van der Waals surface area contributed by atoms with Crippen molar-refractivity contribution in [3.63, 3.8) is 0 Å². The highest BCUT2D eigenvalue weighted by molar-refractivity contribution is 5.94. The van der Waals surface area contributed by atoms with Gasteiger partial charge in [0.2, 0.25) is 0 Å². The minimum Gasteiger partial charge on any atom is -0.336 e. The van der Waals surface area contributed by atoms with Crippen LogP contribution in [0.5, 0.6) is 0 Å². The average Bonchev–Trinajstić information content (AvgIpc) is 3.31. The number of likely N-dealkylation sites (tertiary alicyclic amines) is 1. The van der Waals surface area contributed by atoms with Gasteiger partial charge >= 0.3 is 0 Å². The van der Waals surface area contributed by atoms with Crippen LogP contribution < -0.4 is 5.32 Å². The number of carbonyl (C=O) groups excluding carboxylic acids is 1. The maximum absolute atomic E-state index is 13.0. The van der Waals surface area contributed by atoms with Gasteiger partial charge < -0.3 is 10.2 Å². The van der Waals surface area contributed by atoms with E-state index in [4.69, 9.17) is 5.10 Å². The smallest absolute Gasteiger partial charge is 0.274 e. The van der Waals surface area contributed by atoms with Crippen LogP contribution in [0.15, 0.2) is 24.3 Å². The molecule has 5 heteroatoms. The number of rotatable bonds is 3. The van der Waals surface area contributed by atoms with Crippen molar-refractivity contribution in [3.8, 4) is 5.69 Å². The van der Waals surface area contributed by atoms with Crippen molar-refractivity contribution in [3.05, 3.63) is 46.8 Å². The third kappa shape index (κ3) is 2.44. The highest BCUT2D eigenvalue weighted by Crippen LogP contribution is 2.30. The summed E-state index contributed by atoms with van der Waals surface area (Å²) in [5.74, 6) is 0.0956. The van der Waals surface area contributed by atoms with Gasteiger partial charge in [0.05, 0.1) is 5.69 Å². The summed E-state index contributed by atoms with van der Waals surface area (Å²) in [4.78, 5) is 15.0. The van der Waals surface area contributed by atoms with E-state index in [9.17, 15) is 4.79 Å². The SMILES string of the molecule is CN[C@H]1CCN(C(=O)c2nn(-c3ccccc3C)c3c2CCC3)C1. The molecule has 0 saturated carbocycles. The van der Waals surface area contributed by atoms with E-state index < -0.39 is 0 Å². The zero-order valence-electron chi connectivity index (χ0n) is 14.4. The fraction of sp³-hybridized carbons (Fsp3) is 0.474. The van der Waals surface area contributed by atoms with E-state index in [0.717, 1.165) is 50.0 Å². The van der Waals surface area contributed by atoms with Gasteiger partial charge in [-0.3, -0.25) is 4.79 Å². The lowest BCUT2D eigenvalue weighted by molar-refractivity contribution is 0.0782. The van der Waals surface area contributed by atoms with Gasteiger partial charge in [-0.1, -0.05) is 18.2 Å². The summed E-state index contributed by atoms with van der Waals surface area (Å²) in [6.45, 7) is 3.69. The molecule has 0 unspecified atom stereocenters. The molecular weight excluding hydrogens is 300 g/mol. The third-order valence-electron chi connectivity index (χ3n) is 5.36. The van der Waals surface area contributed by atoms with Gasteiger partial charge in [0.15, 0.2) is 5.69 Å². The van der Waals surface area contributed by atoms with Crippen LogP contribution in [0.25, 0.3) is 5.69 Å². The molecule has 126 valence electrons. The summed E-state index contributed by atoms with van der Waals surface area (Å²) < 4.78 is 2.01. The molecule has 1 fully saturated rings. The maximum atomic E-state index is 13.0. The first-order valence-electron chi connectivity index (χ1n) is 8.82. The molecule has 0 spiro atoms. The van der Waals surface area contributed by atoms with Gasteiger partial charge in [0.25, 0.3) is 5.91 Å². The minimum atomic E-state index is 0.0956. The van der Waals surface area contributed by atoms with Crippen molar-refractivity contribution in [2.75, 3.05) is 20.1 Å². The molecule has 1 saturated heterocycles. The first kappa shape index (κ1) is 15.4. The molecule has 1 aliphatic carbocycles. The van der Waals surface area contributed by atoms with Crippen LogP contribution in [0.3, 0.4) is 0 Å². The lowest BCUT2D eigenvalue weighted by Crippen LogP contribution is -2.34. The Labute approximate surface area is 142 Å². The Kier molecular flexibility index (Phi) is 3.88. The predicted octanol–water partition coefficient (Wildman–Crippen LogP) is 2.10. The quantitative estimate of drug-likeness (QED) is 0.941. The van der Waals surface area contributed by atoms with Gasteiger partial charge in [-0.2, -0.15) is 5.10 Å². The van der Waals surface area contributed by atoms with Gasteiger partial charge in [0.1, 0.15) is 0 Å². The van der Waals surface area contributed by atoms with E-state index in [0.29, 0.717) is 11.7 Å². The first-order valence-corrected chi connectivity index (χ1v) is 8.82. The van der Waals surface area contributed by atoms with Crippen LogP contribution in [0.4, 0.5) is 0 Å². The molecule has 1 amide bonds. The van der Waals surface area contributed by atoms with Crippen LogP contribution in [0.2, 0.25) is 0 Å². The van der Waals surface area contributed by atoms with Gasteiger partial charge in [0, 0.05) is 30.4 Å². The van der Waals surface area contributed by atoms with Crippen LogP contribution in [-0.4, -0.2) is 46.8 Å². The lowest BCUT2D eigenvalue weighted by Gasteiger charge is -2.15. The molecule has 1 aliphatic heterocycles. The number of nitrogens with one attached hydrogen (secondary N) is 1. The molecule has 1 aromatic carbocycles. The maximum Gasteiger partial charge on any atom is 0.274 e. The highest BCUT2D eigenvalue weighted by atomic mass is 16.2. The highest BCUT2D eigenvalue weighted by Gasteiger charge is 2.32. The van der Waals surface area contributed by atoms with Crippen LogP contribution in [-0.2, 0) is 12.8 Å². The number of aromatic nitrogens is 2. The average molecular weight is 324 g/mol. The topological polar surface area (TPSA) is 50.2 Å². The normalized spacial score (nSPS) is 19.8. The minimum absolute atomic E-state index is 0.0956. The molecule has 1 N–H and O–H groups in total. The van der Waals surface area contributed by atoms with E-state index >= 15 is 0 Å². The number of amides is 1. The summed E-state index contributed by atoms with van der Waals surface area (Å²) in [6.07, 6.45) is 4.09. The van der Waals surface area contributed by atoms with E-state index in [1.807, 2.05) is 28.8 Å². The number of fused-ring (bicyclic) bond motifs is 1. The Balaban J connectivity index is 1.72. The summed E-state index contributed by atoms with van der Waals surface area (Å²) >= 11 is 0. The molecule has 24 heavy (non-hydrogen) atoms. The summed E-state index contributed by atoms with van der Waals surface area (Å²) in [6, 6.07) is 8.65. The molecule has 2 heterocycles. The molecular formula is C19H24N4O. The molecule has 1 atom stereocenters. The van der Waals surface area contributed by atoms with Crippen molar-refractivity contribution >= 4 is 5.91 Å². The fourth-order valence-electron chi connectivity index (χ4n) is 3.94. The van der Waals surface area contributed by atoms with Crippen LogP contribution in [0.1, 0.15) is 40.2 Å². The second kappa shape index (κ2) is 6.06. The Morgan fingerprint density at radius 2 is 2.12 bits per heavy atom. The second-order valence-electron chi connectivity index (χ2n) is 6.85. The van der Waals surface area contributed by atoms with Crippen LogP contribution >= 0.6 is 0 Å². The van der Waals surface area contributed by atoms with Crippen molar-refractivity contribution in [2.24, 2.45) is 0 Å². The summed E-state index contributed by atoms with van der Waals surface area (Å²) in [7, 11) is 1.96. The third-order valence-corrected chi connectivity index (χ3v) is 5.36. The molecule has 2 aromatic rings. The number of likely N-dealkylation sites (N-methyl/N-ethyl adjacent to an activating group) is 1. The Bertz CT molecular complexity index is 780. The number of hydrogen-bond acceptors (Lipinski definition) is 3. The zero-order valence-corrected chi connectivity index (χ0v) is 14.4. The van der Waals surface area contributed by atoms with Crippen molar-refractivity contribution in [2.45, 2.75) is 38.6 Å². The summed E-state index contributed by atoms with van der Waals surface area (Å²) in [5.41, 5.74) is 5.32. The largest absolute Gasteiger partial charge is 0.336 e. The molecule has 2 aliphatic rings. The fourth-order valence-corrected chi connectivity index (χ4v) is 3.94. The van der Waals surface area contributed by atoms with E-state index in [1.165, 1.54) is 11.3 Å². The number of aryl methyl sites for hydroxylation is 1. The van der Waals surface area contributed by atoms with Gasteiger partial charge in [-0.25, -0.2) is 4.68 Å². The number of carbonyl (C=O) groups is 1. The lowest BCUT2D eigenvalue weighted by atomic mass is 10.1. The van der Waals surface area contributed by atoms with Crippen molar-refractivity contribution in [1.29, 1.82) is 0 Å². The number of para-hydroxylation sites is 1. The molecule has 1 aromatic heterocycles. The first-order chi connectivity index (χ1) is 11.7. The predicted molar refractivity (Wildman–Crippen MR) is 93.7 cm³/mol. The second-order valence-corrected chi connectivity index (χ2v) is 6.85. The Morgan fingerprint density at radius 1 is 1.29 bits per heavy atom. The molecule has 0 bridgehead atoms. The number of nitrogens with zero attached hydrogens (tertiary/aromatic N) is 3. The Hall–Kier alpha value is -2.14.